The van der Waals surface area contributed by atoms with E-state index in [-0.39, 0.29) is 12.2 Å². The van der Waals surface area contributed by atoms with E-state index in [4.69, 9.17) is 14.2 Å². The fourth-order valence-corrected chi connectivity index (χ4v) is 2.88. The minimum absolute atomic E-state index is 0.00507. The third-order valence-electron chi connectivity index (χ3n) is 4.47. The van der Waals surface area contributed by atoms with Gasteiger partial charge < -0.3 is 19.1 Å². The van der Waals surface area contributed by atoms with Crippen LogP contribution in [0.4, 0.5) is 4.79 Å². The molecule has 1 saturated carbocycles. The molecule has 1 amide bonds. The summed E-state index contributed by atoms with van der Waals surface area (Å²) < 4.78 is 17.3. The molecule has 0 radical (unpaired) electrons. The fraction of sp³-hybridized carbons (Fsp3) is 0.700. The smallest absolute Gasteiger partial charge is 0.410 e. The second kappa shape index (κ2) is 7.82. The van der Waals surface area contributed by atoms with Crippen LogP contribution in [0, 0.1) is 6.92 Å². The molecule has 1 aliphatic heterocycles. The molecule has 144 valence electrons. The molecule has 1 aliphatic carbocycles. The molecule has 0 N–H and O–H groups in total. The second-order valence-electron chi connectivity index (χ2n) is 8.23. The van der Waals surface area contributed by atoms with E-state index >= 15 is 0 Å². The Kier molecular flexibility index (Phi) is 5.70. The van der Waals surface area contributed by atoms with Crippen LogP contribution in [0.5, 0.6) is 5.88 Å². The first-order chi connectivity index (χ1) is 12.3. The Bertz CT molecular complexity index is 637. The van der Waals surface area contributed by atoms with Crippen LogP contribution in [0.15, 0.2) is 12.1 Å². The van der Waals surface area contributed by atoms with Gasteiger partial charge in [-0.2, -0.15) is 0 Å². The predicted octanol–water partition coefficient (Wildman–Crippen LogP) is 3.85. The number of hydrogen-bond donors (Lipinski definition) is 0. The number of piperidine rings is 1. The van der Waals surface area contributed by atoms with Gasteiger partial charge in [-0.15, -0.1) is 0 Å². The normalized spacial score (nSPS) is 20.8. The number of hydrogen-bond acceptors (Lipinski definition) is 5. The molecule has 0 unspecified atom stereocenters. The van der Waals surface area contributed by atoms with Gasteiger partial charge in [0.1, 0.15) is 11.7 Å². The van der Waals surface area contributed by atoms with E-state index in [0.717, 1.165) is 43.5 Å². The van der Waals surface area contributed by atoms with E-state index in [9.17, 15) is 4.79 Å². The van der Waals surface area contributed by atoms with Crippen LogP contribution in [0.25, 0.3) is 0 Å². The van der Waals surface area contributed by atoms with E-state index in [0.29, 0.717) is 25.1 Å². The van der Waals surface area contributed by atoms with E-state index in [1.165, 1.54) is 0 Å². The Morgan fingerprint density at radius 2 is 2.00 bits per heavy atom. The Morgan fingerprint density at radius 3 is 2.69 bits per heavy atom. The highest BCUT2D eigenvalue weighted by molar-refractivity contribution is 5.68. The molecule has 26 heavy (non-hydrogen) atoms. The lowest BCUT2D eigenvalue weighted by molar-refractivity contribution is -0.0268. The predicted molar refractivity (Wildman–Crippen MR) is 98.2 cm³/mol. The van der Waals surface area contributed by atoms with Crippen molar-refractivity contribution >= 4 is 6.09 Å². The molecular formula is C20H30N2O4. The van der Waals surface area contributed by atoms with Crippen molar-refractivity contribution in [2.45, 2.75) is 77.8 Å². The number of carbonyl (C=O) groups excluding carboxylic acids is 1. The summed E-state index contributed by atoms with van der Waals surface area (Å²) in [4.78, 5) is 18.6. The molecule has 0 bridgehead atoms. The zero-order valence-electron chi connectivity index (χ0n) is 16.3. The van der Waals surface area contributed by atoms with Gasteiger partial charge in [-0.3, -0.25) is 0 Å². The minimum atomic E-state index is -0.478. The van der Waals surface area contributed by atoms with Crippen molar-refractivity contribution in [3.63, 3.8) is 0 Å². The van der Waals surface area contributed by atoms with Crippen LogP contribution in [0.3, 0.4) is 0 Å². The maximum absolute atomic E-state index is 12.3. The van der Waals surface area contributed by atoms with Gasteiger partial charge in [-0.1, -0.05) is 6.07 Å². The maximum atomic E-state index is 12.3. The van der Waals surface area contributed by atoms with Gasteiger partial charge in [0.25, 0.3) is 0 Å². The average molecular weight is 362 g/mol. The van der Waals surface area contributed by atoms with Crippen molar-refractivity contribution in [3.05, 3.63) is 23.4 Å². The zero-order valence-corrected chi connectivity index (χ0v) is 16.3. The molecule has 1 saturated heterocycles. The number of aromatic nitrogens is 1. The number of amides is 1. The SMILES string of the molecule is Cc1ccc(OC2CC2)nc1CO[C@H]1CCCN(C(=O)OC(C)(C)C)C1. The third-order valence-corrected chi connectivity index (χ3v) is 4.47. The number of carbonyl (C=O) groups is 1. The maximum Gasteiger partial charge on any atom is 0.410 e. The van der Waals surface area contributed by atoms with Crippen molar-refractivity contribution in [1.29, 1.82) is 0 Å². The molecule has 0 spiro atoms. The summed E-state index contributed by atoms with van der Waals surface area (Å²) in [5.74, 6) is 0.677. The van der Waals surface area contributed by atoms with E-state index in [2.05, 4.69) is 4.98 Å². The van der Waals surface area contributed by atoms with E-state index in [1.54, 1.807) is 4.90 Å². The summed E-state index contributed by atoms with van der Waals surface area (Å²) in [6, 6.07) is 3.94. The number of nitrogens with zero attached hydrogens (tertiary/aromatic N) is 2. The third kappa shape index (κ3) is 5.59. The highest BCUT2D eigenvalue weighted by Crippen LogP contribution is 2.26. The molecular weight excluding hydrogens is 332 g/mol. The van der Waals surface area contributed by atoms with Crippen LogP contribution in [0.2, 0.25) is 0 Å². The first-order valence-corrected chi connectivity index (χ1v) is 9.53. The summed E-state index contributed by atoms with van der Waals surface area (Å²) in [5, 5.41) is 0. The van der Waals surface area contributed by atoms with Crippen molar-refractivity contribution < 1.29 is 19.0 Å². The standard InChI is InChI=1S/C20H30N2O4/c1-14-7-10-18(25-15-8-9-15)21-17(14)13-24-16-6-5-11-22(12-16)19(23)26-20(2,3)4/h7,10,15-16H,5-6,8-9,11-13H2,1-4H3/t16-/m0/s1. The van der Waals surface area contributed by atoms with Gasteiger partial charge in [0.2, 0.25) is 5.88 Å². The molecule has 1 atom stereocenters. The van der Waals surface area contributed by atoms with Crippen molar-refractivity contribution in [2.75, 3.05) is 13.1 Å². The zero-order chi connectivity index (χ0) is 18.7. The van der Waals surface area contributed by atoms with Gasteiger partial charge in [-0.25, -0.2) is 9.78 Å². The lowest BCUT2D eigenvalue weighted by Crippen LogP contribution is -2.45. The highest BCUT2D eigenvalue weighted by atomic mass is 16.6. The molecule has 6 nitrogen and oxygen atoms in total. The van der Waals surface area contributed by atoms with Crippen LogP contribution in [-0.4, -0.2) is 46.9 Å². The molecule has 2 heterocycles. The number of rotatable bonds is 5. The molecule has 2 fully saturated rings. The van der Waals surface area contributed by atoms with Crippen molar-refractivity contribution in [2.24, 2.45) is 0 Å². The topological polar surface area (TPSA) is 60.9 Å². The van der Waals surface area contributed by atoms with Crippen LogP contribution in [0.1, 0.15) is 57.7 Å². The van der Waals surface area contributed by atoms with Crippen LogP contribution >= 0.6 is 0 Å². The monoisotopic (exact) mass is 362 g/mol. The molecule has 1 aromatic heterocycles. The Balaban J connectivity index is 1.53. The quantitative estimate of drug-likeness (QED) is 0.796. The van der Waals surface area contributed by atoms with Gasteiger partial charge in [0, 0.05) is 12.6 Å². The number of aryl methyl sites for hydroxylation is 1. The van der Waals surface area contributed by atoms with E-state index < -0.39 is 5.60 Å². The van der Waals surface area contributed by atoms with Crippen molar-refractivity contribution in [1.82, 2.24) is 9.88 Å². The first kappa shape index (κ1) is 19.0. The van der Waals surface area contributed by atoms with Crippen LogP contribution in [-0.2, 0) is 16.1 Å². The molecule has 2 aliphatic rings. The number of ether oxygens (including phenoxy) is 3. The average Bonchev–Trinajstić information content (AvgIpc) is 3.38. The lowest BCUT2D eigenvalue weighted by Gasteiger charge is -2.34. The molecule has 1 aromatic rings. The van der Waals surface area contributed by atoms with Gasteiger partial charge in [-0.05, 0) is 58.9 Å². The largest absolute Gasteiger partial charge is 0.474 e. The summed E-state index contributed by atoms with van der Waals surface area (Å²) in [5.41, 5.74) is 1.51. The summed E-state index contributed by atoms with van der Waals surface area (Å²) in [6.45, 7) is 9.39. The number of likely N-dealkylation sites (tertiary alicyclic amines) is 1. The van der Waals surface area contributed by atoms with Gasteiger partial charge in [0.15, 0.2) is 0 Å². The fourth-order valence-electron chi connectivity index (χ4n) is 2.88. The van der Waals surface area contributed by atoms with Crippen molar-refractivity contribution in [3.8, 4) is 5.88 Å². The summed E-state index contributed by atoms with van der Waals surface area (Å²) >= 11 is 0. The van der Waals surface area contributed by atoms with Gasteiger partial charge >= 0.3 is 6.09 Å². The van der Waals surface area contributed by atoms with E-state index in [1.807, 2.05) is 39.8 Å². The Labute approximate surface area is 155 Å². The molecule has 6 heteroatoms. The molecule has 0 aromatic carbocycles. The summed E-state index contributed by atoms with van der Waals surface area (Å²) in [7, 11) is 0. The molecule has 3 rings (SSSR count). The number of pyridine rings is 1. The second-order valence-corrected chi connectivity index (χ2v) is 8.23. The van der Waals surface area contributed by atoms with Crippen LogP contribution < -0.4 is 4.74 Å². The first-order valence-electron chi connectivity index (χ1n) is 9.53. The lowest BCUT2D eigenvalue weighted by atomic mass is 10.1. The van der Waals surface area contributed by atoms with Gasteiger partial charge in [0.05, 0.1) is 24.9 Å². The highest BCUT2D eigenvalue weighted by Gasteiger charge is 2.28. The summed E-state index contributed by atoms with van der Waals surface area (Å²) in [6.07, 6.45) is 4.16. The minimum Gasteiger partial charge on any atom is -0.474 e. The Hall–Kier alpha value is -1.82. The Morgan fingerprint density at radius 1 is 1.23 bits per heavy atom.